The Morgan fingerprint density at radius 1 is 1.56 bits per heavy atom. The van der Waals surface area contributed by atoms with Crippen molar-refractivity contribution in [1.29, 1.82) is 0 Å². The molecule has 1 aliphatic rings. The molecule has 1 heterocycles. The van der Waals surface area contributed by atoms with Crippen LogP contribution in [0.15, 0.2) is 4.99 Å². The first-order valence-electron chi connectivity index (χ1n) is 2.99. The van der Waals surface area contributed by atoms with Gasteiger partial charge in [0.15, 0.2) is 0 Å². The normalized spacial score (nSPS) is 26.0. The van der Waals surface area contributed by atoms with Crippen LogP contribution in [0, 0.1) is 0 Å². The average Bonchev–Trinajstić information content (AvgIpc) is 2.33. The Morgan fingerprint density at radius 3 is 2.78 bits per heavy atom. The molecular weight excluding hydrogens is 118 g/mol. The molecule has 0 radical (unpaired) electrons. The van der Waals surface area contributed by atoms with Gasteiger partial charge >= 0.3 is 0 Å². The molecule has 1 unspecified atom stereocenters. The first-order chi connectivity index (χ1) is 4.38. The molecule has 0 saturated carbocycles. The molecule has 3 nitrogen and oxygen atoms in total. The van der Waals surface area contributed by atoms with Crippen molar-refractivity contribution in [3.8, 4) is 0 Å². The molecule has 0 aromatic heterocycles. The quantitative estimate of drug-likeness (QED) is 0.514. The van der Waals surface area contributed by atoms with Gasteiger partial charge in [0.1, 0.15) is 6.10 Å². The molecule has 1 atom stereocenters. The van der Waals surface area contributed by atoms with Crippen LogP contribution in [0.25, 0.3) is 0 Å². The molecule has 9 heavy (non-hydrogen) atoms. The van der Waals surface area contributed by atoms with Gasteiger partial charge in [-0.15, -0.1) is 0 Å². The molecule has 0 aromatic rings. The second-order valence-corrected chi connectivity index (χ2v) is 1.94. The Bertz CT molecular complexity index is 122. The molecule has 0 bridgehead atoms. The minimum atomic E-state index is 0.106. The van der Waals surface area contributed by atoms with Crippen LogP contribution in [0.1, 0.15) is 6.42 Å². The first kappa shape index (κ1) is 6.55. The van der Waals surface area contributed by atoms with Crippen LogP contribution >= 0.6 is 0 Å². The van der Waals surface area contributed by atoms with Gasteiger partial charge in [0.2, 0.25) is 5.90 Å². The van der Waals surface area contributed by atoms with Crippen molar-refractivity contribution in [2.24, 2.45) is 4.99 Å². The van der Waals surface area contributed by atoms with Gasteiger partial charge in [0.05, 0.1) is 7.11 Å². The summed E-state index contributed by atoms with van der Waals surface area (Å²) in [4.78, 5) is 4.08. The van der Waals surface area contributed by atoms with Gasteiger partial charge in [-0.25, -0.2) is 0 Å². The molecule has 1 rings (SSSR count). The monoisotopic (exact) mass is 129 g/mol. The highest BCUT2D eigenvalue weighted by molar-refractivity contribution is 5.82. The van der Waals surface area contributed by atoms with E-state index in [2.05, 4.69) is 4.99 Å². The van der Waals surface area contributed by atoms with E-state index in [9.17, 15) is 0 Å². The number of nitrogens with zero attached hydrogens (tertiary/aromatic N) is 1. The smallest absolute Gasteiger partial charge is 0.213 e. The third kappa shape index (κ3) is 1.21. The van der Waals surface area contributed by atoms with Crippen LogP contribution in [-0.4, -0.2) is 32.8 Å². The van der Waals surface area contributed by atoms with E-state index in [4.69, 9.17) is 9.47 Å². The lowest BCUT2D eigenvalue weighted by atomic mass is 10.3. The molecule has 1 aliphatic heterocycles. The maximum atomic E-state index is 5.06. The minimum Gasteiger partial charge on any atom is -0.482 e. The fourth-order valence-electron chi connectivity index (χ4n) is 0.932. The summed E-state index contributed by atoms with van der Waals surface area (Å²) in [5.74, 6) is 0.734. The van der Waals surface area contributed by atoms with Crippen molar-refractivity contribution in [2.45, 2.75) is 12.5 Å². The highest BCUT2D eigenvalue weighted by atomic mass is 16.5. The Hall–Kier alpha value is -0.570. The molecule has 0 saturated heterocycles. The Kier molecular flexibility index (Phi) is 2.05. The summed E-state index contributed by atoms with van der Waals surface area (Å²) in [7, 11) is 3.29. The largest absolute Gasteiger partial charge is 0.482 e. The molecule has 3 heteroatoms. The van der Waals surface area contributed by atoms with E-state index >= 15 is 0 Å². The molecule has 0 fully saturated rings. The van der Waals surface area contributed by atoms with Gasteiger partial charge in [-0.2, -0.15) is 0 Å². The van der Waals surface area contributed by atoms with Crippen molar-refractivity contribution in [3.63, 3.8) is 0 Å². The Labute approximate surface area is 54.7 Å². The summed E-state index contributed by atoms with van der Waals surface area (Å²) in [5, 5.41) is 0. The molecule has 0 N–H and O–H groups in total. The average molecular weight is 129 g/mol. The van der Waals surface area contributed by atoms with E-state index in [1.54, 1.807) is 14.2 Å². The zero-order valence-corrected chi connectivity index (χ0v) is 5.76. The number of rotatable bonds is 1. The summed E-state index contributed by atoms with van der Waals surface area (Å²) >= 11 is 0. The maximum absolute atomic E-state index is 5.06. The van der Waals surface area contributed by atoms with Crippen molar-refractivity contribution >= 4 is 5.90 Å². The number of methoxy groups -OCH3 is 2. The Balaban J connectivity index is 2.47. The van der Waals surface area contributed by atoms with E-state index in [0.717, 1.165) is 18.9 Å². The predicted molar refractivity (Wildman–Crippen MR) is 34.7 cm³/mol. The van der Waals surface area contributed by atoms with Crippen molar-refractivity contribution in [1.82, 2.24) is 0 Å². The lowest BCUT2D eigenvalue weighted by molar-refractivity contribution is 0.137. The lowest BCUT2D eigenvalue weighted by Gasteiger charge is -2.07. The highest BCUT2D eigenvalue weighted by Gasteiger charge is 2.20. The number of aliphatic imine (C=N–C) groups is 1. The second kappa shape index (κ2) is 2.82. The van der Waals surface area contributed by atoms with E-state index < -0.39 is 0 Å². The summed E-state index contributed by atoms with van der Waals surface area (Å²) in [6, 6.07) is 0. The fraction of sp³-hybridized carbons (Fsp3) is 0.833. The number of hydrogen-bond donors (Lipinski definition) is 0. The summed E-state index contributed by atoms with van der Waals surface area (Å²) in [6.07, 6.45) is 1.06. The maximum Gasteiger partial charge on any atom is 0.213 e. The van der Waals surface area contributed by atoms with Crippen LogP contribution in [-0.2, 0) is 9.47 Å². The highest BCUT2D eigenvalue weighted by Crippen LogP contribution is 2.08. The lowest BCUT2D eigenvalue weighted by Crippen LogP contribution is -2.19. The molecule has 0 aromatic carbocycles. The Morgan fingerprint density at radius 2 is 2.33 bits per heavy atom. The van der Waals surface area contributed by atoms with Gasteiger partial charge < -0.3 is 9.47 Å². The van der Waals surface area contributed by atoms with Gasteiger partial charge in [-0.3, -0.25) is 4.99 Å². The zero-order valence-electron chi connectivity index (χ0n) is 5.76. The number of hydrogen-bond acceptors (Lipinski definition) is 3. The van der Waals surface area contributed by atoms with Crippen LogP contribution in [0.5, 0.6) is 0 Å². The summed E-state index contributed by atoms with van der Waals surface area (Å²) < 4.78 is 10.00. The second-order valence-electron chi connectivity index (χ2n) is 1.94. The van der Waals surface area contributed by atoms with Crippen molar-refractivity contribution < 1.29 is 9.47 Å². The van der Waals surface area contributed by atoms with Crippen molar-refractivity contribution in [3.05, 3.63) is 0 Å². The molecule has 0 amide bonds. The van der Waals surface area contributed by atoms with Crippen LogP contribution < -0.4 is 0 Å². The van der Waals surface area contributed by atoms with Crippen LogP contribution in [0.3, 0.4) is 0 Å². The van der Waals surface area contributed by atoms with Crippen molar-refractivity contribution in [2.75, 3.05) is 20.8 Å². The van der Waals surface area contributed by atoms with Crippen LogP contribution in [0.2, 0.25) is 0 Å². The molecule has 0 spiro atoms. The van der Waals surface area contributed by atoms with Crippen LogP contribution in [0.4, 0.5) is 0 Å². The summed E-state index contributed by atoms with van der Waals surface area (Å²) in [6.45, 7) is 0.835. The fourth-order valence-corrected chi connectivity index (χ4v) is 0.932. The topological polar surface area (TPSA) is 30.8 Å². The summed E-state index contributed by atoms with van der Waals surface area (Å²) in [5.41, 5.74) is 0. The van der Waals surface area contributed by atoms with Gasteiger partial charge in [0.25, 0.3) is 0 Å². The van der Waals surface area contributed by atoms with E-state index in [1.165, 1.54) is 0 Å². The molecule has 52 valence electrons. The molecule has 0 aliphatic carbocycles. The van der Waals surface area contributed by atoms with E-state index in [0.29, 0.717) is 0 Å². The number of ether oxygens (including phenoxy) is 2. The van der Waals surface area contributed by atoms with Gasteiger partial charge in [-0.05, 0) is 0 Å². The van der Waals surface area contributed by atoms with E-state index in [-0.39, 0.29) is 6.10 Å². The van der Waals surface area contributed by atoms with E-state index in [1.807, 2.05) is 0 Å². The molecular formula is C6H11NO2. The third-order valence-corrected chi connectivity index (χ3v) is 1.43. The predicted octanol–water partition coefficient (Wildman–Crippen LogP) is 0.450. The third-order valence-electron chi connectivity index (χ3n) is 1.43. The minimum absolute atomic E-state index is 0.106. The standard InChI is InChI=1S/C6H11NO2/c1-8-5-3-4-7-6(5)9-2/h5H,3-4H2,1-2H3. The van der Waals surface area contributed by atoms with Gasteiger partial charge in [0, 0.05) is 20.1 Å². The first-order valence-corrected chi connectivity index (χ1v) is 2.99. The zero-order chi connectivity index (χ0) is 6.69. The van der Waals surface area contributed by atoms with Gasteiger partial charge in [-0.1, -0.05) is 0 Å². The SMILES string of the molecule is COC1=NCCC1OC.